The van der Waals surface area contributed by atoms with Crippen molar-refractivity contribution in [2.45, 2.75) is 44.9 Å². The molecule has 4 heteroatoms. The Bertz CT molecular complexity index is 428. The lowest BCUT2D eigenvalue weighted by Gasteiger charge is -2.30. The fourth-order valence-corrected chi connectivity index (χ4v) is 2.94. The monoisotopic (exact) mass is 272 g/mol. The molecule has 106 valence electrons. The van der Waals surface area contributed by atoms with Crippen LogP contribution in [0.5, 0.6) is 0 Å². The van der Waals surface area contributed by atoms with Crippen molar-refractivity contribution in [2.24, 2.45) is 11.8 Å². The highest BCUT2D eigenvalue weighted by molar-refractivity contribution is 5.27. The van der Waals surface area contributed by atoms with Crippen LogP contribution in [0.1, 0.15) is 49.8 Å². The molecule has 0 amide bonds. The smallest absolute Gasteiger partial charge is 0.388 e. The highest BCUT2D eigenvalue weighted by Gasteiger charge is 2.32. The van der Waals surface area contributed by atoms with Crippen molar-refractivity contribution in [2.75, 3.05) is 0 Å². The Kier molecular flexibility index (Phi) is 4.19. The minimum Gasteiger partial charge on any atom is -0.388 e. The van der Waals surface area contributed by atoms with E-state index in [1.807, 2.05) is 0 Å². The molecule has 0 bridgehead atoms. The van der Waals surface area contributed by atoms with Gasteiger partial charge >= 0.3 is 6.18 Å². The van der Waals surface area contributed by atoms with Crippen molar-refractivity contribution in [1.29, 1.82) is 0 Å². The van der Waals surface area contributed by atoms with E-state index in [1.165, 1.54) is 6.07 Å². The number of hydrogen-bond donors (Lipinski definition) is 1. The predicted molar refractivity (Wildman–Crippen MR) is 67.5 cm³/mol. The molecule has 3 atom stereocenters. The van der Waals surface area contributed by atoms with Crippen LogP contribution in [0.3, 0.4) is 0 Å². The second kappa shape index (κ2) is 5.53. The molecule has 1 aromatic carbocycles. The fourth-order valence-electron chi connectivity index (χ4n) is 2.94. The van der Waals surface area contributed by atoms with Gasteiger partial charge in [-0.3, -0.25) is 0 Å². The molecule has 0 heterocycles. The van der Waals surface area contributed by atoms with Gasteiger partial charge in [0.2, 0.25) is 0 Å². The maximum atomic E-state index is 12.7. The second-order valence-electron chi connectivity index (χ2n) is 5.60. The van der Waals surface area contributed by atoms with E-state index in [9.17, 15) is 18.3 Å². The molecular formula is C15H19F3O. The summed E-state index contributed by atoms with van der Waals surface area (Å²) < 4.78 is 38.0. The first kappa shape index (κ1) is 14.4. The van der Waals surface area contributed by atoms with E-state index in [0.717, 1.165) is 37.8 Å². The van der Waals surface area contributed by atoms with Gasteiger partial charge in [-0.1, -0.05) is 31.9 Å². The van der Waals surface area contributed by atoms with Gasteiger partial charge in [-0.2, -0.15) is 13.2 Å². The summed E-state index contributed by atoms with van der Waals surface area (Å²) in [6, 6.07) is 5.07. The SMILES string of the molecule is CC1CCCC(C(O)c2cccc(C(F)(F)F)c2)C1. The van der Waals surface area contributed by atoms with Crippen LogP contribution in [-0.2, 0) is 6.18 Å². The largest absolute Gasteiger partial charge is 0.416 e. The van der Waals surface area contributed by atoms with Crippen molar-refractivity contribution >= 4 is 0 Å². The standard InChI is InChI=1S/C15H19F3O/c1-10-4-2-5-11(8-10)14(19)12-6-3-7-13(9-12)15(16,17)18/h3,6-7,9-11,14,19H,2,4-5,8H2,1H3. The zero-order valence-corrected chi connectivity index (χ0v) is 11.0. The molecular weight excluding hydrogens is 253 g/mol. The Morgan fingerprint density at radius 3 is 2.63 bits per heavy atom. The predicted octanol–water partition coefficient (Wildman–Crippen LogP) is 4.57. The Hall–Kier alpha value is -1.03. The van der Waals surface area contributed by atoms with Crippen LogP contribution < -0.4 is 0 Å². The van der Waals surface area contributed by atoms with E-state index < -0.39 is 17.8 Å². The number of hydrogen-bond acceptors (Lipinski definition) is 1. The fraction of sp³-hybridized carbons (Fsp3) is 0.600. The number of aliphatic hydroxyl groups excluding tert-OH is 1. The van der Waals surface area contributed by atoms with Crippen molar-refractivity contribution in [1.82, 2.24) is 0 Å². The van der Waals surface area contributed by atoms with E-state index in [2.05, 4.69) is 6.92 Å². The van der Waals surface area contributed by atoms with Crippen molar-refractivity contribution < 1.29 is 18.3 Å². The summed E-state index contributed by atoms with van der Waals surface area (Å²) in [5, 5.41) is 10.3. The van der Waals surface area contributed by atoms with Gasteiger partial charge in [0.1, 0.15) is 0 Å². The molecule has 1 aliphatic carbocycles. The zero-order valence-electron chi connectivity index (χ0n) is 11.0. The Labute approximate surface area is 111 Å². The minimum atomic E-state index is -4.35. The van der Waals surface area contributed by atoms with Gasteiger partial charge in [0.15, 0.2) is 0 Å². The van der Waals surface area contributed by atoms with Gasteiger partial charge < -0.3 is 5.11 Å². The lowest BCUT2D eigenvalue weighted by atomic mass is 9.78. The molecule has 2 rings (SSSR count). The summed E-state index contributed by atoms with van der Waals surface area (Å²) in [7, 11) is 0. The maximum absolute atomic E-state index is 12.7. The summed E-state index contributed by atoms with van der Waals surface area (Å²) >= 11 is 0. The molecule has 1 aromatic rings. The van der Waals surface area contributed by atoms with Gasteiger partial charge in [0, 0.05) is 0 Å². The molecule has 0 aromatic heterocycles. The average molecular weight is 272 g/mol. The van der Waals surface area contributed by atoms with Crippen LogP contribution >= 0.6 is 0 Å². The second-order valence-corrected chi connectivity index (χ2v) is 5.60. The third kappa shape index (κ3) is 3.50. The van der Waals surface area contributed by atoms with Crippen LogP contribution in [0, 0.1) is 11.8 Å². The molecule has 1 aliphatic rings. The maximum Gasteiger partial charge on any atom is 0.416 e. The highest BCUT2D eigenvalue weighted by atomic mass is 19.4. The van der Waals surface area contributed by atoms with E-state index in [1.54, 1.807) is 6.07 Å². The first-order valence-electron chi connectivity index (χ1n) is 6.73. The Morgan fingerprint density at radius 2 is 2.00 bits per heavy atom. The summed E-state index contributed by atoms with van der Waals surface area (Å²) in [6.45, 7) is 2.13. The van der Waals surface area contributed by atoms with Gasteiger partial charge in [-0.05, 0) is 42.4 Å². The first-order valence-corrected chi connectivity index (χ1v) is 6.73. The Morgan fingerprint density at radius 1 is 1.26 bits per heavy atom. The zero-order chi connectivity index (χ0) is 14.0. The van der Waals surface area contributed by atoms with Crippen LogP contribution in [0.4, 0.5) is 13.2 Å². The van der Waals surface area contributed by atoms with Crippen molar-refractivity contribution in [3.63, 3.8) is 0 Å². The first-order chi connectivity index (χ1) is 8.88. The summed E-state index contributed by atoms with van der Waals surface area (Å²) in [6.07, 6.45) is -1.17. The molecule has 0 spiro atoms. The summed E-state index contributed by atoms with van der Waals surface area (Å²) in [5.74, 6) is 0.617. The quantitative estimate of drug-likeness (QED) is 0.836. The van der Waals surface area contributed by atoms with E-state index in [0.29, 0.717) is 11.5 Å². The molecule has 0 aliphatic heterocycles. The number of halogens is 3. The number of alkyl halides is 3. The summed E-state index contributed by atoms with van der Waals surface area (Å²) in [4.78, 5) is 0. The molecule has 0 radical (unpaired) electrons. The molecule has 3 unspecified atom stereocenters. The molecule has 1 nitrogen and oxygen atoms in total. The number of rotatable bonds is 2. The van der Waals surface area contributed by atoms with Gasteiger partial charge in [0.25, 0.3) is 0 Å². The van der Waals surface area contributed by atoms with Gasteiger partial charge in [-0.15, -0.1) is 0 Å². The Balaban J connectivity index is 2.17. The van der Waals surface area contributed by atoms with Crippen LogP contribution in [0.2, 0.25) is 0 Å². The van der Waals surface area contributed by atoms with Crippen LogP contribution in [0.15, 0.2) is 24.3 Å². The molecule has 1 saturated carbocycles. The minimum absolute atomic E-state index is 0.0761. The van der Waals surface area contributed by atoms with E-state index >= 15 is 0 Å². The summed E-state index contributed by atoms with van der Waals surface area (Å²) in [5.41, 5.74) is -0.304. The normalized spacial score (nSPS) is 26.2. The van der Waals surface area contributed by atoms with Crippen molar-refractivity contribution in [3.8, 4) is 0 Å². The van der Waals surface area contributed by atoms with E-state index in [-0.39, 0.29) is 5.92 Å². The molecule has 1 fully saturated rings. The molecule has 1 N–H and O–H groups in total. The lowest BCUT2D eigenvalue weighted by molar-refractivity contribution is -0.137. The third-order valence-electron chi connectivity index (χ3n) is 3.98. The molecule has 19 heavy (non-hydrogen) atoms. The number of aliphatic hydroxyl groups is 1. The highest BCUT2D eigenvalue weighted by Crippen LogP contribution is 2.38. The number of benzene rings is 1. The van der Waals surface area contributed by atoms with Crippen LogP contribution in [0.25, 0.3) is 0 Å². The van der Waals surface area contributed by atoms with Crippen LogP contribution in [-0.4, -0.2) is 5.11 Å². The van der Waals surface area contributed by atoms with E-state index in [4.69, 9.17) is 0 Å². The average Bonchev–Trinajstić information content (AvgIpc) is 2.37. The van der Waals surface area contributed by atoms with Gasteiger partial charge in [0.05, 0.1) is 11.7 Å². The van der Waals surface area contributed by atoms with Gasteiger partial charge in [-0.25, -0.2) is 0 Å². The third-order valence-corrected chi connectivity index (χ3v) is 3.98. The topological polar surface area (TPSA) is 20.2 Å². The molecule has 0 saturated heterocycles. The lowest BCUT2D eigenvalue weighted by Crippen LogP contribution is -2.20. The van der Waals surface area contributed by atoms with Crippen molar-refractivity contribution in [3.05, 3.63) is 35.4 Å².